The van der Waals surface area contributed by atoms with Gasteiger partial charge in [-0.1, -0.05) is 68.1 Å². The topological polar surface area (TPSA) is 48.6 Å². The number of benzene rings is 2. The molecule has 0 aliphatic rings. The summed E-state index contributed by atoms with van der Waals surface area (Å²) in [6.45, 7) is 1.68. The highest BCUT2D eigenvalue weighted by atomic mass is 16.5. The molecule has 0 saturated carbocycles. The van der Waals surface area contributed by atoms with E-state index in [1.54, 1.807) is 12.3 Å². The highest BCUT2D eigenvalue weighted by molar-refractivity contribution is 5.88. The van der Waals surface area contributed by atoms with Crippen molar-refractivity contribution in [1.29, 1.82) is 0 Å². The van der Waals surface area contributed by atoms with Crippen LogP contribution in [0.15, 0.2) is 79.1 Å². The fraction of sp³-hybridized carbons (Fsp3) is 0.357. The predicted octanol–water partition coefficient (Wildman–Crippen LogP) is 5.67. The molecule has 0 saturated heterocycles. The van der Waals surface area contributed by atoms with Crippen LogP contribution in [-0.2, 0) is 18.4 Å². The lowest BCUT2D eigenvalue weighted by atomic mass is 10.1. The maximum Gasteiger partial charge on any atom is 0.344 e. The summed E-state index contributed by atoms with van der Waals surface area (Å²) in [7, 11) is 1.89. The number of rotatable bonds is 14. The fourth-order valence-corrected chi connectivity index (χ4v) is 3.47. The maximum atomic E-state index is 12.0. The van der Waals surface area contributed by atoms with Crippen molar-refractivity contribution in [3.63, 3.8) is 0 Å². The largest absolute Gasteiger partial charge is 0.490 e. The van der Waals surface area contributed by atoms with Crippen molar-refractivity contribution >= 4 is 5.97 Å². The van der Waals surface area contributed by atoms with Gasteiger partial charge in [-0.05, 0) is 36.6 Å². The highest BCUT2D eigenvalue weighted by Crippen LogP contribution is 2.27. The van der Waals surface area contributed by atoms with Crippen molar-refractivity contribution in [2.24, 2.45) is 7.05 Å². The Bertz CT molecular complexity index is 974. The Balaban J connectivity index is 1.22. The summed E-state index contributed by atoms with van der Waals surface area (Å²) in [5, 5.41) is 0. The summed E-state index contributed by atoms with van der Waals surface area (Å²) in [6, 6.07) is 21.6. The molecule has 3 rings (SSSR count). The molecule has 33 heavy (non-hydrogen) atoms. The molecule has 0 unspecified atom stereocenters. The molecule has 0 atom stereocenters. The van der Waals surface area contributed by atoms with Crippen LogP contribution in [0, 0.1) is 0 Å². The summed E-state index contributed by atoms with van der Waals surface area (Å²) in [5.41, 5.74) is 1.73. The minimum Gasteiger partial charge on any atom is -0.490 e. The molecule has 0 spiro atoms. The first-order chi connectivity index (χ1) is 16.2. The molecule has 0 N–H and O–H groups in total. The van der Waals surface area contributed by atoms with Gasteiger partial charge in [-0.2, -0.15) is 0 Å². The lowest BCUT2D eigenvalue weighted by Gasteiger charge is -2.12. The van der Waals surface area contributed by atoms with Crippen LogP contribution in [0.25, 0.3) is 0 Å². The Morgan fingerprint density at radius 1 is 0.727 bits per heavy atom. The lowest BCUT2D eigenvalue weighted by Crippen LogP contribution is -2.28. The molecule has 0 aliphatic heterocycles. The molecule has 2 aromatic carbocycles. The van der Waals surface area contributed by atoms with Gasteiger partial charge in [0.1, 0.15) is 19.2 Å². The van der Waals surface area contributed by atoms with Gasteiger partial charge >= 0.3 is 5.97 Å². The molecule has 0 amide bonds. The van der Waals surface area contributed by atoms with Gasteiger partial charge in [0.2, 0.25) is 0 Å². The zero-order valence-electron chi connectivity index (χ0n) is 19.4. The number of carbonyl (C=O) groups is 1. The standard InChI is InChI=1S/C28H34NO4/c1-29-19-13-16-25(22-29)28(30)32-21-12-5-3-2-4-11-20-31-26-17-9-10-18-27(26)33-23-24-14-7-6-8-15-24/h6-10,13-19,22H,2-5,11-12,20-21,23H2,1H3/q+1. The SMILES string of the molecule is C[n+]1cccc(C(=O)OCCCCCCCCOc2ccccc2OCc2ccccc2)c1. The number of ether oxygens (including phenoxy) is 3. The maximum absolute atomic E-state index is 12.0. The Morgan fingerprint density at radius 3 is 2.09 bits per heavy atom. The second-order valence-corrected chi connectivity index (χ2v) is 8.08. The Hall–Kier alpha value is -3.34. The Kier molecular flexibility index (Phi) is 10.3. The van der Waals surface area contributed by atoms with E-state index < -0.39 is 0 Å². The summed E-state index contributed by atoms with van der Waals surface area (Å²) >= 11 is 0. The number of esters is 1. The van der Waals surface area contributed by atoms with Crippen LogP contribution in [-0.4, -0.2) is 19.2 Å². The van der Waals surface area contributed by atoms with Gasteiger partial charge in [0.15, 0.2) is 23.9 Å². The van der Waals surface area contributed by atoms with E-state index in [4.69, 9.17) is 14.2 Å². The number of aryl methyl sites for hydroxylation is 1. The van der Waals surface area contributed by atoms with Crippen LogP contribution < -0.4 is 14.0 Å². The number of nitrogens with zero attached hydrogens (tertiary/aromatic N) is 1. The lowest BCUT2D eigenvalue weighted by molar-refractivity contribution is -0.671. The van der Waals surface area contributed by atoms with Crippen molar-refractivity contribution < 1.29 is 23.6 Å². The second-order valence-electron chi connectivity index (χ2n) is 8.08. The molecule has 0 fully saturated rings. The number of para-hydroxylation sites is 2. The second kappa shape index (κ2) is 13.9. The number of hydrogen-bond acceptors (Lipinski definition) is 4. The van der Waals surface area contributed by atoms with Gasteiger partial charge in [0, 0.05) is 6.07 Å². The summed E-state index contributed by atoms with van der Waals surface area (Å²) in [4.78, 5) is 12.0. The zero-order chi connectivity index (χ0) is 23.1. The quantitative estimate of drug-likeness (QED) is 0.181. The number of aromatic nitrogens is 1. The summed E-state index contributed by atoms with van der Waals surface area (Å²) < 4.78 is 19.1. The molecule has 5 nitrogen and oxygen atoms in total. The highest BCUT2D eigenvalue weighted by Gasteiger charge is 2.10. The van der Waals surface area contributed by atoms with E-state index in [-0.39, 0.29) is 5.97 Å². The average molecular weight is 449 g/mol. The minimum absolute atomic E-state index is 0.253. The van der Waals surface area contributed by atoms with E-state index in [2.05, 4.69) is 12.1 Å². The van der Waals surface area contributed by atoms with Gasteiger partial charge in [-0.15, -0.1) is 0 Å². The Morgan fingerprint density at radius 2 is 1.36 bits per heavy atom. The van der Waals surface area contributed by atoms with Crippen LogP contribution in [0.1, 0.15) is 54.4 Å². The third-order valence-electron chi connectivity index (χ3n) is 5.29. The molecule has 1 heterocycles. The van der Waals surface area contributed by atoms with Crippen LogP contribution in [0.3, 0.4) is 0 Å². The van der Waals surface area contributed by atoms with Gasteiger partial charge in [-0.3, -0.25) is 0 Å². The van der Waals surface area contributed by atoms with E-state index in [9.17, 15) is 4.79 Å². The summed E-state index contributed by atoms with van der Waals surface area (Å²) in [6.07, 6.45) is 10.0. The monoisotopic (exact) mass is 448 g/mol. The minimum atomic E-state index is -0.253. The average Bonchev–Trinajstić information content (AvgIpc) is 2.85. The molecule has 174 valence electrons. The molecule has 0 bridgehead atoms. The molecular formula is C28H34NO4+. The Labute approximate surface area is 196 Å². The van der Waals surface area contributed by atoms with Crippen molar-refractivity contribution in [3.8, 4) is 11.5 Å². The summed E-state index contributed by atoms with van der Waals surface area (Å²) in [5.74, 6) is 1.32. The van der Waals surface area contributed by atoms with Crippen molar-refractivity contribution in [2.45, 2.75) is 45.1 Å². The molecule has 0 aliphatic carbocycles. The number of hydrogen-bond donors (Lipinski definition) is 0. The van der Waals surface area contributed by atoms with E-state index in [0.717, 1.165) is 55.6 Å². The molecular weight excluding hydrogens is 414 g/mol. The van der Waals surface area contributed by atoms with Crippen LogP contribution >= 0.6 is 0 Å². The third kappa shape index (κ3) is 8.97. The van der Waals surface area contributed by atoms with Gasteiger partial charge in [-0.25, -0.2) is 9.36 Å². The smallest absolute Gasteiger partial charge is 0.344 e. The fourth-order valence-electron chi connectivity index (χ4n) is 3.47. The molecule has 1 aromatic heterocycles. The normalized spacial score (nSPS) is 10.6. The van der Waals surface area contributed by atoms with Crippen molar-refractivity contribution in [1.82, 2.24) is 0 Å². The van der Waals surface area contributed by atoms with Gasteiger partial charge < -0.3 is 14.2 Å². The predicted molar refractivity (Wildman–Crippen MR) is 128 cm³/mol. The van der Waals surface area contributed by atoms with E-state index in [1.807, 2.05) is 66.3 Å². The van der Waals surface area contributed by atoms with E-state index in [1.165, 1.54) is 0 Å². The third-order valence-corrected chi connectivity index (χ3v) is 5.29. The number of unbranched alkanes of at least 4 members (excludes halogenated alkanes) is 5. The van der Waals surface area contributed by atoms with E-state index in [0.29, 0.717) is 25.4 Å². The molecule has 5 heteroatoms. The van der Waals surface area contributed by atoms with Crippen LogP contribution in [0.5, 0.6) is 11.5 Å². The van der Waals surface area contributed by atoms with Gasteiger partial charge in [0.25, 0.3) is 0 Å². The number of carbonyl (C=O) groups excluding carboxylic acids is 1. The molecule has 0 radical (unpaired) electrons. The zero-order valence-corrected chi connectivity index (χ0v) is 19.4. The first-order valence-corrected chi connectivity index (χ1v) is 11.7. The first kappa shape index (κ1) is 24.3. The van der Waals surface area contributed by atoms with E-state index >= 15 is 0 Å². The van der Waals surface area contributed by atoms with Crippen LogP contribution in [0.4, 0.5) is 0 Å². The van der Waals surface area contributed by atoms with Crippen molar-refractivity contribution in [3.05, 3.63) is 90.3 Å². The number of pyridine rings is 1. The van der Waals surface area contributed by atoms with Gasteiger partial charge in [0.05, 0.1) is 13.2 Å². The first-order valence-electron chi connectivity index (χ1n) is 11.7. The molecule has 3 aromatic rings. The van der Waals surface area contributed by atoms with Crippen LogP contribution in [0.2, 0.25) is 0 Å². The van der Waals surface area contributed by atoms with Crippen molar-refractivity contribution in [2.75, 3.05) is 13.2 Å².